The topological polar surface area (TPSA) is 33.5 Å². The van der Waals surface area contributed by atoms with E-state index in [-0.39, 0.29) is 42.7 Å². The first-order valence-electron chi connectivity index (χ1n) is 28.4. The Labute approximate surface area is 500 Å². The Balaban J connectivity index is 0.00000705. The second-order valence-corrected chi connectivity index (χ2v) is 25.9. The van der Waals surface area contributed by atoms with Crippen LogP contribution in [-0.2, 0) is 42.7 Å². The second kappa shape index (κ2) is 21.4. The van der Waals surface area contributed by atoms with Crippen LogP contribution < -0.4 is 14.5 Å². The van der Waals surface area contributed by atoms with Crippen LogP contribution in [-0.4, -0.2) is 9.55 Å². The number of rotatable bonds is 9. The third-order valence-corrected chi connectivity index (χ3v) is 16.0. The van der Waals surface area contributed by atoms with Crippen molar-refractivity contribution in [2.24, 2.45) is 0 Å². The fraction of sp³-hybridized carbons (Fsp3) is 0.211. The molecule has 1 aliphatic rings. The smallest absolute Gasteiger partial charge is 0.135 e. The molecule has 0 N–H and O–H groups in total. The van der Waals surface area contributed by atoms with E-state index in [0.717, 1.165) is 100 Å². The number of ether oxygens (including phenoxy) is 1. The average molecular weight is 1250 g/mol. The van der Waals surface area contributed by atoms with Gasteiger partial charge in [-0.15, -0.1) is 53.8 Å². The number of para-hydroxylation sites is 4. The maximum absolute atomic E-state index is 7.29. The summed E-state index contributed by atoms with van der Waals surface area (Å²) in [5, 5.41) is 2.20. The summed E-state index contributed by atoms with van der Waals surface area (Å²) < 4.78 is 9.57. The van der Waals surface area contributed by atoms with Crippen LogP contribution in [0.15, 0.2) is 206 Å². The zero-order valence-electron chi connectivity index (χ0n) is 49.2. The molecule has 0 radical (unpaired) electrons. The van der Waals surface area contributed by atoms with Crippen LogP contribution in [0.4, 0.5) is 22.7 Å². The minimum absolute atomic E-state index is 0. The largest absolute Gasteiger partial charge is 0.509 e. The van der Waals surface area contributed by atoms with Crippen LogP contribution >= 0.6 is 0 Å². The average Bonchev–Trinajstić information content (AvgIpc) is 4.20. The van der Waals surface area contributed by atoms with Crippen molar-refractivity contribution in [1.29, 1.82) is 0 Å². The molecule has 9 aromatic carbocycles. The van der Waals surface area contributed by atoms with Crippen molar-refractivity contribution in [3.63, 3.8) is 0 Å². The molecule has 414 valence electrons. The minimum Gasteiger partial charge on any atom is -0.509 e. The van der Waals surface area contributed by atoms with Gasteiger partial charge in [-0.3, -0.25) is 0 Å². The Morgan fingerprint density at radius 2 is 0.927 bits per heavy atom. The van der Waals surface area contributed by atoms with Crippen molar-refractivity contribution in [3.8, 4) is 61.8 Å². The first kappa shape index (κ1) is 55.9. The molecular formula is C76H71N4OPt-3. The van der Waals surface area contributed by atoms with E-state index in [9.17, 15) is 0 Å². The van der Waals surface area contributed by atoms with Gasteiger partial charge < -0.3 is 19.1 Å². The van der Waals surface area contributed by atoms with Gasteiger partial charge in [-0.05, 0) is 90.3 Å². The summed E-state index contributed by atoms with van der Waals surface area (Å²) in [5.74, 6) is 2.00. The first-order valence-corrected chi connectivity index (χ1v) is 28.4. The number of aromatic nitrogens is 2. The Morgan fingerprint density at radius 3 is 1.50 bits per heavy atom. The molecule has 0 amide bonds. The predicted molar refractivity (Wildman–Crippen MR) is 341 cm³/mol. The third-order valence-electron chi connectivity index (χ3n) is 16.0. The SMILES string of the molecule is CC(C)(C)c1ccc(-c2cccc(-c3ccccc3)c2N2[CH-]N(c3[c-]c(Oc4[c-]c5c(c(-c6ccc(C(C)(C)C)cc6)c4)c4ccccc4n5-c4cc(C(C)(C)C)c(-c5ccccc5)cn4)cc(C(C)(C)C)c3)c3ccccc32)cc1.[Pt]. The van der Waals surface area contributed by atoms with Gasteiger partial charge in [0, 0.05) is 78.0 Å². The van der Waals surface area contributed by atoms with E-state index in [0.29, 0.717) is 11.5 Å². The summed E-state index contributed by atoms with van der Waals surface area (Å²) in [6, 6.07) is 80.1. The molecule has 0 atom stereocenters. The zero-order valence-corrected chi connectivity index (χ0v) is 51.5. The van der Waals surface area contributed by atoms with Crippen molar-refractivity contribution in [2.75, 3.05) is 9.80 Å². The third kappa shape index (κ3) is 10.6. The van der Waals surface area contributed by atoms with E-state index in [1.807, 2.05) is 6.20 Å². The molecule has 11 aromatic rings. The van der Waals surface area contributed by atoms with Gasteiger partial charge >= 0.3 is 0 Å². The summed E-state index contributed by atoms with van der Waals surface area (Å²) in [7, 11) is 0. The summed E-state index contributed by atoms with van der Waals surface area (Å²) in [4.78, 5) is 9.95. The molecule has 2 aromatic heterocycles. The second-order valence-electron chi connectivity index (χ2n) is 25.9. The van der Waals surface area contributed by atoms with Gasteiger partial charge in [-0.25, -0.2) is 4.98 Å². The molecule has 6 heteroatoms. The molecular weight excluding hydrogens is 1180 g/mol. The number of nitrogens with zero attached hydrogens (tertiary/aromatic N) is 4. The Kier molecular flexibility index (Phi) is 14.6. The summed E-state index contributed by atoms with van der Waals surface area (Å²) in [6.45, 7) is 29.4. The number of fused-ring (bicyclic) bond motifs is 4. The van der Waals surface area contributed by atoms with Crippen molar-refractivity contribution in [3.05, 3.63) is 247 Å². The number of benzene rings is 9. The van der Waals surface area contributed by atoms with E-state index in [4.69, 9.17) is 9.72 Å². The molecule has 0 bridgehead atoms. The molecule has 0 saturated carbocycles. The maximum Gasteiger partial charge on any atom is 0.135 e. The van der Waals surface area contributed by atoms with Gasteiger partial charge in [0.2, 0.25) is 0 Å². The molecule has 5 nitrogen and oxygen atoms in total. The van der Waals surface area contributed by atoms with E-state index >= 15 is 0 Å². The van der Waals surface area contributed by atoms with E-state index in [2.05, 4.69) is 316 Å². The molecule has 0 unspecified atom stereocenters. The zero-order chi connectivity index (χ0) is 56.6. The fourth-order valence-electron chi connectivity index (χ4n) is 11.5. The van der Waals surface area contributed by atoms with Gasteiger partial charge in [-0.2, -0.15) is 0 Å². The molecule has 0 spiro atoms. The number of pyridine rings is 1. The van der Waals surface area contributed by atoms with Gasteiger partial charge in [-0.1, -0.05) is 252 Å². The number of hydrogen-bond acceptors (Lipinski definition) is 4. The predicted octanol–water partition coefficient (Wildman–Crippen LogP) is 20.8. The first-order chi connectivity index (χ1) is 38.7. The van der Waals surface area contributed by atoms with E-state index in [1.54, 1.807) is 0 Å². The molecule has 0 saturated heterocycles. The van der Waals surface area contributed by atoms with Crippen LogP contribution in [0.2, 0.25) is 0 Å². The quantitative estimate of drug-likeness (QED) is 0.135. The molecule has 3 heterocycles. The van der Waals surface area contributed by atoms with Crippen molar-refractivity contribution >= 4 is 44.6 Å². The van der Waals surface area contributed by atoms with Crippen LogP contribution in [0.25, 0.3) is 72.1 Å². The van der Waals surface area contributed by atoms with Gasteiger partial charge in [0.1, 0.15) is 5.82 Å². The van der Waals surface area contributed by atoms with E-state index < -0.39 is 0 Å². The monoisotopic (exact) mass is 1250 g/mol. The fourth-order valence-corrected chi connectivity index (χ4v) is 11.5. The van der Waals surface area contributed by atoms with Crippen LogP contribution in [0.5, 0.6) is 11.5 Å². The van der Waals surface area contributed by atoms with Crippen molar-refractivity contribution < 1.29 is 25.8 Å². The Morgan fingerprint density at radius 1 is 0.427 bits per heavy atom. The maximum atomic E-state index is 7.29. The summed E-state index contributed by atoms with van der Waals surface area (Å²) in [6.07, 6.45) is 2.05. The van der Waals surface area contributed by atoms with Crippen molar-refractivity contribution in [2.45, 2.75) is 105 Å². The summed E-state index contributed by atoms with van der Waals surface area (Å²) >= 11 is 0. The van der Waals surface area contributed by atoms with Crippen molar-refractivity contribution in [1.82, 2.24) is 9.55 Å². The molecule has 0 aliphatic carbocycles. The number of hydrogen-bond donors (Lipinski definition) is 0. The molecule has 12 rings (SSSR count). The molecule has 82 heavy (non-hydrogen) atoms. The standard InChI is InChI=1S/C76H71N4O.Pt/c1-73(2,3)54-38-34-52(35-39-54)61-30-23-29-60(50-24-15-13-16-25-50)72(61)79-49-78(67-32-21-22-33-68(67)79)57-42-56(75(7,8)9)43-58(44-57)81-59-45-63(53-36-40-55(41-37-53)74(4,5)6)71-62-28-19-20-31-66(62)80(69(71)46-59)70-47-65(76(10,11)12)64(48-77-70)51-26-17-14-18-27-51;/h13-43,45,47-49H,1-12H3;/q-3;. The van der Waals surface area contributed by atoms with Crippen LogP contribution in [0.1, 0.15) is 105 Å². The van der Waals surface area contributed by atoms with Gasteiger partial charge in [0.15, 0.2) is 0 Å². The van der Waals surface area contributed by atoms with E-state index in [1.165, 1.54) is 16.7 Å². The Bertz CT molecular complexity index is 4130. The van der Waals surface area contributed by atoms with Gasteiger partial charge in [0.25, 0.3) is 0 Å². The minimum atomic E-state index is -0.240. The number of anilines is 4. The summed E-state index contributed by atoms with van der Waals surface area (Å²) in [5.41, 5.74) is 19.5. The van der Waals surface area contributed by atoms with Crippen LogP contribution in [0.3, 0.4) is 0 Å². The normalized spacial score (nSPS) is 12.9. The Hall–Kier alpha value is -7.98. The van der Waals surface area contributed by atoms with Crippen LogP contribution in [0, 0.1) is 18.8 Å². The molecule has 0 fully saturated rings. The van der Waals surface area contributed by atoms with Gasteiger partial charge in [0.05, 0.1) is 0 Å². The molecule has 1 aliphatic heterocycles.